The third-order valence-electron chi connectivity index (χ3n) is 6.52. The standard InChI is InChI=1S/C25H30F3N3O3/c26-25(27,28)20-6-11-23(29-18-20)33-21-7-9-22(10-8-21)34-24(32)31-16-14-30(15-17-31)13-12-19-4-2-1-3-5-19/h6-11,18-19H,1-5,12-17H2. The number of halogens is 3. The van der Waals surface area contributed by atoms with Crippen LogP contribution in [0.25, 0.3) is 0 Å². The number of ether oxygens (including phenoxy) is 2. The number of carbonyl (C=O) groups excluding carboxylic acids is 1. The highest BCUT2D eigenvalue weighted by atomic mass is 19.4. The van der Waals surface area contributed by atoms with Crippen LogP contribution < -0.4 is 9.47 Å². The van der Waals surface area contributed by atoms with E-state index in [2.05, 4.69) is 9.88 Å². The van der Waals surface area contributed by atoms with E-state index in [1.807, 2.05) is 0 Å². The molecule has 0 atom stereocenters. The van der Waals surface area contributed by atoms with Crippen LogP contribution in [0, 0.1) is 5.92 Å². The van der Waals surface area contributed by atoms with Crippen LogP contribution in [0.1, 0.15) is 44.1 Å². The highest BCUT2D eigenvalue weighted by Crippen LogP contribution is 2.30. The number of aromatic nitrogens is 1. The summed E-state index contributed by atoms with van der Waals surface area (Å²) >= 11 is 0. The minimum absolute atomic E-state index is 0.0408. The summed E-state index contributed by atoms with van der Waals surface area (Å²) in [4.78, 5) is 20.3. The van der Waals surface area contributed by atoms with Crippen molar-refractivity contribution in [1.29, 1.82) is 0 Å². The van der Waals surface area contributed by atoms with Gasteiger partial charge in [-0.2, -0.15) is 13.2 Å². The molecule has 0 spiro atoms. The molecule has 1 aromatic carbocycles. The van der Waals surface area contributed by atoms with E-state index in [0.29, 0.717) is 24.6 Å². The molecule has 2 fully saturated rings. The van der Waals surface area contributed by atoms with Crippen LogP contribution >= 0.6 is 0 Å². The second-order valence-electron chi connectivity index (χ2n) is 8.95. The van der Waals surface area contributed by atoms with Crippen molar-refractivity contribution in [3.8, 4) is 17.4 Å². The first kappa shape index (κ1) is 24.3. The van der Waals surface area contributed by atoms with E-state index < -0.39 is 11.7 Å². The number of hydrogen-bond acceptors (Lipinski definition) is 5. The number of alkyl halides is 3. The Hall–Kier alpha value is -2.81. The summed E-state index contributed by atoms with van der Waals surface area (Å²) < 4.78 is 48.8. The van der Waals surface area contributed by atoms with Crippen LogP contribution in [0.4, 0.5) is 18.0 Å². The van der Waals surface area contributed by atoms with Gasteiger partial charge in [-0.3, -0.25) is 4.90 Å². The quantitative estimate of drug-likeness (QED) is 0.512. The predicted octanol–water partition coefficient (Wildman–Crippen LogP) is 5.98. The monoisotopic (exact) mass is 477 g/mol. The summed E-state index contributed by atoms with van der Waals surface area (Å²) in [6.45, 7) is 4.10. The highest BCUT2D eigenvalue weighted by molar-refractivity contribution is 5.70. The number of carbonyl (C=O) groups is 1. The molecule has 9 heteroatoms. The average Bonchev–Trinajstić information content (AvgIpc) is 2.85. The molecule has 1 aliphatic heterocycles. The summed E-state index contributed by atoms with van der Waals surface area (Å²) in [5.41, 5.74) is -0.841. The first-order valence-electron chi connectivity index (χ1n) is 11.9. The number of hydrogen-bond donors (Lipinski definition) is 0. The first-order chi connectivity index (χ1) is 16.4. The summed E-state index contributed by atoms with van der Waals surface area (Å²) in [5.74, 6) is 1.65. The Morgan fingerprint density at radius 2 is 1.62 bits per heavy atom. The Morgan fingerprint density at radius 1 is 0.941 bits per heavy atom. The maximum Gasteiger partial charge on any atom is 0.417 e. The van der Waals surface area contributed by atoms with Crippen LogP contribution in [0.2, 0.25) is 0 Å². The molecule has 0 N–H and O–H groups in total. The van der Waals surface area contributed by atoms with Gasteiger partial charge in [-0.05, 0) is 49.2 Å². The molecule has 34 heavy (non-hydrogen) atoms. The molecule has 1 aliphatic carbocycles. The number of rotatable bonds is 6. The molecule has 1 amide bonds. The molecule has 1 saturated carbocycles. The van der Waals surface area contributed by atoms with Gasteiger partial charge < -0.3 is 14.4 Å². The van der Waals surface area contributed by atoms with Crippen LogP contribution in [-0.2, 0) is 6.18 Å². The van der Waals surface area contributed by atoms with Gasteiger partial charge in [-0.15, -0.1) is 0 Å². The zero-order valence-electron chi connectivity index (χ0n) is 19.1. The van der Waals surface area contributed by atoms with Crippen molar-refractivity contribution in [2.24, 2.45) is 5.92 Å². The van der Waals surface area contributed by atoms with E-state index in [0.717, 1.165) is 43.9 Å². The summed E-state index contributed by atoms with van der Waals surface area (Å²) in [7, 11) is 0. The molecule has 1 saturated heterocycles. The zero-order chi connectivity index (χ0) is 24.0. The van der Waals surface area contributed by atoms with Crippen LogP contribution in [0.5, 0.6) is 17.4 Å². The first-order valence-corrected chi connectivity index (χ1v) is 11.9. The third-order valence-corrected chi connectivity index (χ3v) is 6.52. The van der Waals surface area contributed by atoms with E-state index in [1.54, 1.807) is 29.2 Å². The molecule has 0 bridgehead atoms. The fraction of sp³-hybridized carbons (Fsp3) is 0.520. The van der Waals surface area contributed by atoms with E-state index in [-0.39, 0.29) is 12.0 Å². The van der Waals surface area contributed by atoms with Gasteiger partial charge in [0, 0.05) is 38.4 Å². The molecule has 6 nitrogen and oxygen atoms in total. The van der Waals surface area contributed by atoms with E-state index >= 15 is 0 Å². The second kappa shape index (κ2) is 11.1. The molecular formula is C25H30F3N3O3. The number of benzene rings is 1. The maximum atomic E-state index is 12.6. The van der Waals surface area contributed by atoms with Crippen LogP contribution in [-0.4, -0.2) is 53.6 Å². The van der Waals surface area contributed by atoms with Crippen molar-refractivity contribution in [3.05, 3.63) is 48.2 Å². The normalized spacial score (nSPS) is 18.0. The lowest BCUT2D eigenvalue weighted by Crippen LogP contribution is -2.49. The fourth-order valence-electron chi connectivity index (χ4n) is 4.47. The lowest BCUT2D eigenvalue weighted by atomic mass is 9.87. The molecule has 0 unspecified atom stereocenters. The van der Waals surface area contributed by atoms with Crippen LogP contribution in [0.15, 0.2) is 42.6 Å². The van der Waals surface area contributed by atoms with Gasteiger partial charge in [0.25, 0.3) is 0 Å². The van der Waals surface area contributed by atoms with E-state index in [4.69, 9.17) is 9.47 Å². The van der Waals surface area contributed by atoms with Crippen molar-refractivity contribution in [1.82, 2.24) is 14.8 Å². The van der Waals surface area contributed by atoms with Crippen molar-refractivity contribution >= 4 is 6.09 Å². The van der Waals surface area contributed by atoms with Gasteiger partial charge in [-0.1, -0.05) is 32.1 Å². The molecule has 4 rings (SSSR count). The van der Waals surface area contributed by atoms with E-state index in [9.17, 15) is 18.0 Å². The molecular weight excluding hydrogens is 447 g/mol. The SMILES string of the molecule is O=C(Oc1ccc(Oc2ccc(C(F)(F)F)cn2)cc1)N1CCN(CCC2CCCCC2)CC1. The number of nitrogens with zero attached hydrogens (tertiary/aromatic N) is 3. The molecule has 2 aromatic rings. The molecule has 2 heterocycles. The van der Waals surface area contributed by atoms with Crippen molar-refractivity contribution in [2.45, 2.75) is 44.7 Å². The Labute approximate surface area is 197 Å². The largest absolute Gasteiger partial charge is 0.439 e. The van der Waals surface area contributed by atoms with Crippen molar-refractivity contribution < 1.29 is 27.4 Å². The number of pyridine rings is 1. The van der Waals surface area contributed by atoms with Gasteiger partial charge in [0.1, 0.15) is 11.5 Å². The Balaban J connectivity index is 1.20. The summed E-state index contributed by atoms with van der Waals surface area (Å²) in [6.07, 6.45) is 3.97. The fourth-order valence-corrected chi connectivity index (χ4v) is 4.47. The summed E-state index contributed by atoms with van der Waals surface area (Å²) in [6, 6.07) is 8.38. The van der Waals surface area contributed by atoms with E-state index in [1.165, 1.54) is 38.5 Å². The number of piperazine rings is 1. The highest BCUT2D eigenvalue weighted by Gasteiger charge is 2.30. The molecule has 0 radical (unpaired) electrons. The average molecular weight is 478 g/mol. The van der Waals surface area contributed by atoms with Crippen LogP contribution in [0.3, 0.4) is 0 Å². The Morgan fingerprint density at radius 3 is 2.24 bits per heavy atom. The van der Waals surface area contributed by atoms with Gasteiger partial charge in [0.2, 0.25) is 5.88 Å². The lowest BCUT2D eigenvalue weighted by Gasteiger charge is -2.35. The van der Waals surface area contributed by atoms with Crippen molar-refractivity contribution in [3.63, 3.8) is 0 Å². The smallest absolute Gasteiger partial charge is 0.417 e. The maximum absolute atomic E-state index is 12.6. The molecule has 1 aromatic heterocycles. The molecule has 184 valence electrons. The second-order valence-corrected chi connectivity index (χ2v) is 8.95. The van der Waals surface area contributed by atoms with Gasteiger partial charge in [-0.25, -0.2) is 9.78 Å². The minimum atomic E-state index is -4.45. The number of amides is 1. The van der Waals surface area contributed by atoms with Gasteiger partial charge in [0.15, 0.2) is 0 Å². The van der Waals surface area contributed by atoms with Crippen molar-refractivity contribution in [2.75, 3.05) is 32.7 Å². The molecule has 2 aliphatic rings. The minimum Gasteiger partial charge on any atom is -0.439 e. The summed E-state index contributed by atoms with van der Waals surface area (Å²) in [5, 5.41) is 0. The van der Waals surface area contributed by atoms with Gasteiger partial charge >= 0.3 is 12.3 Å². The topological polar surface area (TPSA) is 54.9 Å². The van der Waals surface area contributed by atoms with Gasteiger partial charge in [0.05, 0.1) is 5.56 Å². The zero-order valence-corrected chi connectivity index (χ0v) is 19.1. The Kier molecular flexibility index (Phi) is 7.92. The Bertz CT molecular complexity index is 921. The predicted molar refractivity (Wildman–Crippen MR) is 121 cm³/mol. The third kappa shape index (κ3) is 6.85. The lowest BCUT2D eigenvalue weighted by molar-refractivity contribution is -0.137.